The van der Waals surface area contributed by atoms with Crippen molar-refractivity contribution in [1.29, 1.82) is 0 Å². The van der Waals surface area contributed by atoms with Crippen molar-refractivity contribution in [1.82, 2.24) is 15.3 Å². The fourth-order valence-corrected chi connectivity index (χ4v) is 2.06. The standard InChI is InChI=1S/C12H13N3O3/c16-12(17)7-1-2-8-9(5-7)15-11(14-8)10-6-13-3-4-18-10/h1-2,5,10,13H,3-4,6H2,(H,14,15)(H,16,17). The van der Waals surface area contributed by atoms with Crippen molar-refractivity contribution < 1.29 is 14.6 Å². The van der Waals surface area contributed by atoms with Gasteiger partial charge in [0, 0.05) is 13.1 Å². The van der Waals surface area contributed by atoms with E-state index in [9.17, 15) is 4.79 Å². The fraction of sp³-hybridized carbons (Fsp3) is 0.333. The van der Waals surface area contributed by atoms with Gasteiger partial charge in [0.2, 0.25) is 0 Å². The van der Waals surface area contributed by atoms with E-state index in [0.717, 1.165) is 23.4 Å². The van der Waals surface area contributed by atoms with Crippen LogP contribution < -0.4 is 5.32 Å². The van der Waals surface area contributed by atoms with Gasteiger partial charge in [-0.3, -0.25) is 0 Å². The Labute approximate surface area is 103 Å². The van der Waals surface area contributed by atoms with Crippen LogP contribution in [0.3, 0.4) is 0 Å². The molecule has 18 heavy (non-hydrogen) atoms. The lowest BCUT2D eigenvalue weighted by Gasteiger charge is -2.21. The van der Waals surface area contributed by atoms with Gasteiger partial charge >= 0.3 is 5.97 Å². The van der Waals surface area contributed by atoms with Crippen molar-refractivity contribution in [2.75, 3.05) is 19.7 Å². The summed E-state index contributed by atoms with van der Waals surface area (Å²) in [6.45, 7) is 2.22. The van der Waals surface area contributed by atoms with Crippen LogP contribution in [0.2, 0.25) is 0 Å². The highest BCUT2D eigenvalue weighted by Gasteiger charge is 2.19. The van der Waals surface area contributed by atoms with Crippen LogP contribution in [0.15, 0.2) is 18.2 Å². The number of nitrogens with one attached hydrogen (secondary N) is 2. The number of aromatic amines is 1. The molecule has 0 saturated carbocycles. The van der Waals surface area contributed by atoms with Crippen molar-refractivity contribution >= 4 is 17.0 Å². The minimum Gasteiger partial charge on any atom is -0.478 e. The molecule has 2 aromatic rings. The number of nitrogens with zero attached hydrogens (tertiary/aromatic N) is 1. The first-order chi connectivity index (χ1) is 8.74. The maximum Gasteiger partial charge on any atom is 0.335 e. The summed E-state index contributed by atoms with van der Waals surface area (Å²) in [6.07, 6.45) is -0.0978. The van der Waals surface area contributed by atoms with E-state index in [2.05, 4.69) is 15.3 Å². The van der Waals surface area contributed by atoms with Crippen molar-refractivity contribution in [3.8, 4) is 0 Å². The summed E-state index contributed by atoms with van der Waals surface area (Å²) in [4.78, 5) is 18.4. The molecule has 1 aromatic heterocycles. The number of imidazole rings is 1. The Balaban J connectivity index is 1.97. The number of fused-ring (bicyclic) bond motifs is 1. The second kappa shape index (κ2) is 4.40. The number of carbonyl (C=O) groups is 1. The Morgan fingerprint density at radius 1 is 1.50 bits per heavy atom. The van der Waals surface area contributed by atoms with Gasteiger partial charge in [0.1, 0.15) is 11.9 Å². The van der Waals surface area contributed by atoms with Crippen LogP contribution in [0.25, 0.3) is 11.0 Å². The zero-order chi connectivity index (χ0) is 12.5. The normalized spacial score (nSPS) is 20.1. The predicted molar refractivity (Wildman–Crippen MR) is 64.6 cm³/mol. The molecule has 0 bridgehead atoms. The summed E-state index contributed by atoms with van der Waals surface area (Å²) in [5.74, 6) is -0.205. The summed E-state index contributed by atoms with van der Waals surface area (Å²) in [7, 11) is 0. The molecule has 1 aromatic carbocycles. The van der Waals surface area contributed by atoms with Gasteiger partial charge in [0.15, 0.2) is 0 Å². The molecule has 1 unspecified atom stereocenters. The highest BCUT2D eigenvalue weighted by Crippen LogP contribution is 2.20. The Hall–Kier alpha value is -1.92. The molecule has 1 aliphatic rings. The molecule has 1 atom stereocenters. The van der Waals surface area contributed by atoms with Gasteiger partial charge in [-0.2, -0.15) is 0 Å². The van der Waals surface area contributed by atoms with E-state index in [0.29, 0.717) is 13.2 Å². The van der Waals surface area contributed by atoms with Crippen molar-refractivity contribution in [2.24, 2.45) is 0 Å². The number of carboxylic acid groups (broad SMARTS) is 1. The number of ether oxygens (including phenoxy) is 1. The number of hydrogen-bond acceptors (Lipinski definition) is 4. The number of rotatable bonds is 2. The maximum absolute atomic E-state index is 10.9. The van der Waals surface area contributed by atoms with E-state index in [1.807, 2.05) is 0 Å². The molecule has 3 rings (SSSR count). The number of morpholine rings is 1. The first-order valence-electron chi connectivity index (χ1n) is 5.79. The quantitative estimate of drug-likeness (QED) is 0.734. The second-order valence-corrected chi connectivity index (χ2v) is 4.22. The van der Waals surface area contributed by atoms with Crippen LogP contribution in [0.5, 0.6) is 0 Å². The molecular weight excluding hydrogens is 234 g/mol. The molecule has 0 aliphatic carbocycles. The van der Waals surface area contributed by atoms with E-state index < -0.39 is 5.97 Å². The van der Waals surface area contributed by atoms with Crippen molar-refractivity contribution in [2.45, 2.75) is 6.10 Å². The molecule has 1 aliphatic heterocycles. The first kappa shape index (κ1) is 11.2. The topological polar surface area (TPSA) is 87.2 Å². The summed E-state index contributed by atoms with van der Waals surface area (Å²) in [5.41, 5.74) is 1.73. The van der Waals surface area contributed by atoms with Crippen LogP contribution in [0.4, 0.5) is 0 Å². The van der Waals surface area contributed by atoms with Gasteiger partial charge in [0.25, 0.3) is 0 Å². The molecule has 2 heterocycles. The van der Waals surface area contributed by atoms with Crippen LogP contribution in [-0.4, -0.2) is 40.7 Å². The molecule has 0 radical (unpaired) electrons. The van der Waals surface area contributed by atoms with Gasteiger partial charge < -0.3 is 20.1 Å². The number of benzene rings is 1. The summed E-state index contributed by atoms with van der Waals surface area (Å²) in [5, 5.41) is 12.2. The number of H-pyrrole nitrogens is 1. The molecule has 0 spiro atoms. The Kier molecular flexibility index (Phi) is 2.73. The predicted octanol–water partition coefficient (Wildman–Crippen LogP) is 0.922. The molecule has 94 valence electrons. The SMILES string of the molecule is O=C(O)c1ccc2nc(C3CNCCO3)[nH]c2c1. The maximum atomic E-state index is 10.9. The zero-order valence-electron chi connectivity index (χ0n) is 9.64. The molecule has 3 N–H and O–H groups in total. The molecule has 1 saturated heterocycles. The highest BCUT2D eigenvalue weighted by molar-refractivity contribution is 5.92. The van der Waals surface area contributed by atoms with E-state index in [1.165, 1.54) is 0 Å². The van der Waals surface area contributed by atoms with E-state index in [-0.39, 0.29) is 11.7 Å². The van der Waals surface area contributed by atoms with Crippen LogP contribution in [0.1, 0.15) is 22.3 Å². The first-order valence-corrected chi connectivity index (χ1v) is 5.79. The summed E-state index contributed by atoms with van der Waals surface area (Å²) in [6, 6.07) is 4.84. The van der Waals surface area contributed by atoms with E-state index >= 15 is 0 Å². The molecule has 1 fully saturated rings. The Morgan fingerprint density at radius 2 is 2.39 bits per heavy atom. The Bertz CT molecular complexity index is 587. The van der Waals surface area contributed by atoms with Crippen LogP contribution >= 0.6 is 0 Å². The highest BCUT2D eigenvalue weighted by atomic mass is 16.5. The third-order valence-electron chi connectivity index (χ3n) is 2.98. The van der Waals surface area contributed by atoms with Crippen molar-refractivity contribution in [3.05, 3.63) is 29.6 Å². The molecular formula is C12H13N3O3. The molecule has 0 amide bonds. The number of carboxylic acids is 1. The second-order valence-electron chi connectivity index (χ2n) is 4.22. The average molecular weight is 247 g/mol. The Morgan fingerprint density at radius 3 is 3.11 bits per heavy atom. The van der Waals surface area contributed by atoms with E-state index in [1.54, 1.807) is 18.2 Å². The van der Waals surface area contributed by atoms with Gasteiger partial charge in [-0.1, -0.05) is 0 Å². The minimum atomic E-state index is -0.941. The zero-order valence-corrected chi connectivity index (χ0v) is 9.64. The lowest BCUT2D eigenvalue weighted by Crippen LogP contribution is -2.33. The lowest BCUT2D eigenvalue weighted by atomic mass is 10.2. The third kappa shape index (κ3) is 1.96. The largest absolute Gasteiger partial charge is 0.478 e. The van der Waals surface area contributed by atoms with E-state index in [4.69, 9.17) is 9.84 Å². The average Bonchev–Trinajstić information content (AvgIpc) is 2.82. The number of hydrogen-bond donors (Lipinski definition) is 3. The van der Waals surface area contributed by atoms with Crippen LogP contribution in [0, 0.1) is 0 Å². The van der Waals surface area contributed by atoms with Crippen LogP contribution in [-0.2, 0) is 4.74 Å². The molecule has 6 heteroatoms. The fourth-order valence-electron chi connectivity index (χ4n) is 2.06. The summed E-state index contributed by atoms with van der Waals surface area (Å²) >= 11 is 0. The van der Waals surface area contributed by atoms with Gasteiger partial charge in [0.05, 0.1) is 23.2 Å². The van der Waals surface area contributed by atoms with Gasteiger partial charge in [-0.25, -0.2) is 9.78 Å². The van der Waals surface area contributed by atoms with Gasteiger partial charge in [-0.05, 0) is 18.2 Å². The molecule has 6 nitrogen and oxygen atoms in total. The smallest absolute Gasteiger partial charge is 0.335 e. The third-order valence-corrected chi connectivity index (χ3v) is 2.98. The number of aromatic nitrogens is 2. The summed E-state index contributed by atoms with van der Waals surface area (Å²) < 4.78 is 5.60. The lowest BCUT2D eigenvalue weighted by molar-refractivity contribution is 0.0228. The minimum absolute atomic E-state index is 0.0978. The van der Waals surface area contributed by atoms with Gasteiger partial charge in [-0.15, -0.1) is 0 Å². The monoisotopic (exact) mass is 247 g/mol. The van der Waals surface area contributed by atoms with Crippen molar-refractivity contribution in [3.63, 3.8) is 0 Å². The number of aromatic carboxylic acids is 1.